The Bertz CT molecular complexity index is 1370. The molecule has 5 nitrogen and oxygen atoms in total. The smallest absolute Gasteiger partial charge is 0.205 e. The highest BCUT2D eigenvalue weighted by Crippen LogP contribution is 2.36. The van der Waals surface area contributed by atoms with Gasteiger partial charge in [0, 0.05) is 47.3 Å². The minimum Gasteiger partial charge on any atom is -0.494 e. The molecule has 2 aromatic carbocycles. The highest BCUT2D eigenvalue weighted by molar-refractivity contribution is 5.99. The van der Waals surface area contributed by atoms with Crippen molar-refractivity contribution in [2.45, 2.75) is 32.7 Å². The van der Waals surface area contributed by atoms with Crippen LogP contribution in [0.2, 0.25) is 0 Å². The highest BCUT2D eigenvalue weighted by atomic mass is 16.3. The average Bonchev–Trinajstić information content (AvgIpc) is 3.33. The molecule has 0 unspecified atom stereocenters. The molecule has 0 fully saturated rings. The summed E-state index contributed by atoms with van der Waals surface area (Å²) in [5, 5.41) is 17.5. The number of aromatic hydroxyl groups is 1. The molecule has 5 aromatic rings. The summed E-state index contributed by atoms with van der Waals surface area (Å²) >= 11 is 0. The first-order chi connectivity index (χ1) is 14.9. The molecule has 3 aromatic heterocycles. The topological polar surface area (TPSA) is 65.9 Å². The first-order valence-electron chi connectivity index (χ1n) is 10.5. The minimum absolute atomic E-state index is 0.0942. The maximum absolute atomic E-state index is 11.1. The SMILES string of the molecule is CC(C)(C)c1ccc(-n2cc3cccc(NCc4c[nH]c5ncccc45)c3c2O)cc1. The van der Waals surface area contributed by atoms with Gasteiger partial charge in [-0.05, 0) is 46.9 Å². The zero-order chi connectivity index (χ0) is 21.6. The van der Waals surface area contributed by atoms with Gasteiger partial charge in [-0.2, -0.15) is 0 Å². The van der Waals surface area contributed by atoms with Crippen molar-refractivity contribution in [1.29, 1.82) is 0 Å². The predicted octanol–water partition coefficient (Wildman–Crippen LogP) is 6.12. The number of pyridine rings is 1. The van der Waals surface area contributed by atoms with Gasteiger partial charge < -0.3 is 15.4 Å². The average molecular weight is 411 g/mol. The number of H-pyrrole nitrogens is 1. The first-order valence-corrected chi connectivity index (χ1v) is 10.5. The molecule has 0 saturated carbocycles. The molecule has 0 aliphatic carbocycles. The molecule has 0 saturated heterocycles. The lowest BCUT2D eigenvalue weighted by Crippen LogP contribution is -2.10. The molecule has 156 valence electrons. The van der Waals surface area contributed by atoms with Gasteiger partial charge in [0.1, 0.15) is 5.65 Å². The second-order valence-electron chi connectivity index (χ2n) is 8.96. The van der Waals surface area contributed by atoms with E-state index in [4.69, 9.17) is 0 Å². The number of anilines is 1. The zero-order valence-electron chi connectivity index (χ0n) is 18.0. The predicted molar refractivity (Wildman–Crippen MR) is 127 cm³/mol. The van der Waals surface area contributed by atoms with E-state index in [9.17, 15) is 5.11 Å². The maximum atomic E-state index is 11.1. The number of rotatable bonds is 4. The van der Waals surface area contributed by atoms with Crippen LogP contribution in [-0.2, 0) is 12.0 Å². The van der Waals surface area contributed by atoms with Crippen LogP contribution < -0.4 is 5.32 Å². The van der Waals surface area contributed by atoms with Crippen molar-refractivity contribution >= 4 is 27.5 Å². The first kappa shape index (κ1) is 19.2. The Hall–Kier alpha value is -3.73. The van der Waals surface area contributed by atoms with E-state index in [-0.39, 0.29) is 11.3 Å². The Morgan fingerprint density at radius 2 is 1.84 bits per heavy atom. The van der Waals surface area contributed by atoms with Gasteiger partial charge >= 0.3 is 0 Å². The van der Waals surface area contributed by atoms with E-state index in [2.05, 4.69) is 66.4 Å². The van der Waals surface area contributed by atoms with Gasteiger partial charge in [-0.15, -0.1) is 0 Å². The molecule has 0 bridgehead atoms. The standard InChI is InChI=1S/C26H26N4O/c1-26(2,3)19-9-11-20(12-10-19)30-16-17-6-4-8-22(23(17)25(30)31)28-14-18-15-29-24-21(18)7-5-13-27-24/h4-13,15-16,28,31H,14H2,1-3H3,(H,27,29). The fourth-order valence-corrected chi connectivity index (χ4v) is 4.06. The van der Waals surface area contributed by atoms with E-state index >= 15 is 0 Å². The highest BCUT2D eigenvalue weighted by Gasteiger charge is 2.16. The summed E-state index contributed by atoms with van der Waals surface area (Å²) in [7, 11) is 0. The number of aromatic nitrogens is 3. The number of nitrogens with one attached hydrogen (secondary N) is 2. The lowest BCUT2D eigenvalue weighted by Gasteiger charge is -2.19. The van der Waals surface area contributed by atoms with Gasteiger partial charge in [0.05, 0.1) is 5.39 Å². The Balaban J connectivity index is 1.49. The third-order valence-corrected chi connectivity index (χ3v) is 5.83. The number of nitrogens with zero attached hydrogens (tertiary/aromatic N) is 2. The molecule has 0 aliphatic heterocycles. The molecule has 31 heavy (non-hydrogen) atoms. The van der Waals surface area contributed by atoms with E-state index in [1.165, 1.54) is 5.56 Å². The molecule has 0 amide bonds. The summed E-state index contributed by atoms with van der Waals surface area (Å²) in [5.74, 6) is 0.238. The van der Waals surface area contributed by atoms with Gasteiger partial charge in [-0.1, -0.05) is 45.0 Å². The van der Waals surface area contributed by atoms with Crippen molar-refractivity contribution in [3.05, 3.63) is 84.3 Å². The van der Waals surface area contributed by atoms with Gasteiger partial charge in [0.2, 0.25) is 5.88 Å². The van der Waals surface area contributed by atoms with Crippen LogP contribution in [0.3, 0.4) is 0 Å². The zero-order valence-corrected chi connectivity index (χ0v) is 18.0. The third kappa shape index (κ3) is 3.42. The second-order valence-corrected chi connectivity index (χ2v) is 8.96. The number of benzene rings is 2. The second kappa shape index (κ2) is 7.20. The fourth-order valence-electron chi connectivity index (χ4n) is 4.06. The molecule has 0 radical (unpaired) electrons. The molecule has 5 rings (SSSR count). The van der Waals surface area contributed by atoms with Crippen molar-refractivity contribution < 1.29 is 5.11 Å². The molecule has 3 N–H and O–H groups in total. The number of hydrogen-bond acceptors (Lipinski definition) is 3. The Labute approximate surface area is 181 Å². The van der Waals surface area contributed by atoms with Crippen LogP contribution in [0.25, 0.3) is 27.5 Å². The largest absolute Gasteiger partial charge is 0.494 e. The quantitative estimate of drug-likeness (QED) is 0.334. The molecule has 0 spiro atoms. The minimum atomic E-state index is 0.0942. The summed E-state index contributed by atoms with van der Waals surface area (Å²) in [6.45, 7) is 7.23. The molecular weight excluding hydrogens is 384 g/mol. The lowest BCUT2D eigenvalue weighted by atomic mass is 9.87. The van der Waals surface area contributed by atoms with Crippen molar-refractivity contribution in [1.82, 2.24) is 14.5 Å². The molecule has 0 atom stereocenters. The molecular formula is C26H26N4O. The van der Waals surface area contributed by atoms with Crippen LogP contribution in [0.1, 0.15) is 31.9 Å². The summed E-state index contributed by atoms with van der Waals surface area (Å²) in [6, 6.07) is 18.4. The van der Waals surface area contributed by atoms with Gasteiger partial charge in [0.25, 0.3) is 0 Å². The number of hydrogen-bond donors (Lipinski definition) is 3. The van der Waals surface area contributed by atoms with Crippen LogP contribution in [0.4, 0.5) is 5.69 Å². The molecule has 3 heterocycles. The third-order valence-electron chi connectivity index (χ3n) is 5.83. The Morgan fingerprint density at radius 3 is 2.61 bits per heavy atom. The van der Waals surface area contributed by atoms with Gasteiger partial charge in [-0.25, -0.2) is 4.98 Å². The summed E-state index contributed by atoms with van der Waals surface area (Å²) in [6.07, 6.45) is 5.75. The van der Waals surface area contributed by atoms with Crippen molar-refractivity contribution in [3.8, 4) is 11.6 Å². The Morgan fingerprint density at radius 1 is 1.03 bits per heavy atom. The van der Waals surface area contributed by atoms with E-state index in [0.29, 0.717) is 6.54 Å². The summed E-state index contributed by atoms with van der Waals surface area (Å²) in [5.41, 5.74) is 5.22. The number of fused-ring (bicyclic) bond motifs is 2. The van der Waals surface area contributed by atoms with Crippen LogP contribution in [0, 0.1) is 0 Å². The van der Waals surface area contributed by atoms with Crippen LogP contribution in [0.15, 0.2) is 73.2 Å². The van der Waals surface area contributed by atoms with Gasteiger partial charge in [-0.3, -0.25) is 4.57 Å². The van der Waals surface area contributed by atoms with E-state index < -0.39 is 0 Å². The van der Waals surface area contributed by atoms with Gasteiger partial charge in [0.15, 0.2) is 0 Å². The summed E-state index contributed by atoms with van der Waals surface area (Å²) < 4.78 is 1.85. The fraction of sp³-hybridized carbons (Fsp3) is 0.192. The molecule has 0 aliphatic rings. The van der Waals surface area contributed by atoms with E-state index in [1.807, 2.05) is 41.2 Å². The van der Waals surface area contributed by atoms with E-state index in [1.54, 1.807) is 6.20 Å². The van der Waals surface area contributed by atoms with Crippen LogP contribution >= 0.6 is 0 Å². The van der Waals surface area contributed by atoms with Crippen molar-refractivity contribution in [2.75, 3.05) is 5.32 Å². The number of aromatic amines is 1. The van der Waals surface area contributed by atoms with Crippen LogP contribution in [0.5, 0.6) is 5.88 Å². The lowest BCUT2D eigenvalue weighted by molar-refractivity contribution is 0.448. The van der Waals surface area contributed by atoms with Crippen molar-refractivity contribution in [3.63, 3.8) is 0 Å². The monoisotopic (exact) mass is 410 g/mol. The maximum Gasteiger partial charge on any atom is 0.205 e. The molecule has 5 heteroatoms. The normalized spacial score (nSPS) is 12.0. The van der Waals surface area contributed by atoms with E-state index in [0.717, 1.165) is 38.7 Å². The van der Waals surface area contributed by atoms with Crippen LogP contribution in [-0.4, -0.2) is 19.6 Å². The van der Waals surface area contributed by atoms with Crippen molar-refractivity contribution in [2.24, 2.45) is 0 Å². The summed E-state index contributed by atoms with van der Waals surface area (Å²) in [4.78, 5) is 7.56. The Kier molecular flexibility index (Phi) is 4.47.